The van der Waals surface area contributed by atoms with E-state index in [0.29, 0.717) is 10.8 Å². The topological polar surface area (TPSA) is 54.9 Å². The highest BCUT2D eigenvalue weighted by atomic mass is 35.5. The second-order valence-corrected chi connectivity index (χ2v) is 4.81. The summed E-state index contributed by atoms with van der Waals surface area (Å²) >= 11 is 5.88. The fourth-order valence-corrected chi connectivity index (χ4v) is 2.35. The number of carbonyl (C=O) groups is 1. The Morgan fingerprint density at radius 3 is 2.72 bits per heavy atom. The van der Waals surface area contributed by atoms with Crippen LogP contribution in [0.2, 0.25) is 5.02 Å². The van der Waals surface area contributed by atoms with Crippen LogP contribution in [0.3, 0.4) is 0 Å². The number of nitrogens with one attached hydrogen (secondary N) is 1. The summed E-state index contributed by atoms with van der Waals surface area (Å²) in [6.45, 7) is 1.86. The van der Waals surface area contributed by atoms with Gasteiger partial charge in [-0.2, -0.15) is 0 Å². The van der Waals surface area contributed by atoms with E-state index in [-0.39, 0.29) is 5.91 Å². The van der Waals surface area contributed by atoms with E-state index in [1.54, 1.807) is 18.3 Å². The van der Waals surface area contributed by atoms with Crippen molar-refractivity contribution in [1.29, 1.82) is 0 Å². The van der Waals surface area contributed by atoms with Crippen molar-refractivity contribution < 1.29 is 4.79 Å². The minimum absolute atomic E-state index is 0.0969. The van der Waals surface area contributed by atoms with Crippen LogP contribution >= 0.6 is 11.6 Å². The van der Waals surface area contributed by atoms with E-state index in [1.807, 2.05) is 19.1 Å². The maximum Gasteiger partial charge on any atom is 0.240 e. The molecule has 1 aromatic heterocycles. The van der Waals surface area contributed by atoms with Gasteiger partial charge in [0.15, 0.2) is 0 Å². The molecule has 0 saturated carbocycles. The minimum Gasteiger partial charge on any atom is -0.309 e. The lowest BCUT2D eigenvalue weighted by Crippen LogP contribution is -2.32. The van der Waals surface area contributed by atoms with Crippen molar-refractivity contribution >= 4 is 23.3 Å². The molecule has 0 bridgehead atoms. The number of hydrogen-bond acceptors (Lipinski definition) is 3. The Kier molecular flexibility index (Phi) is 2.35. The van der Waals surface area contributed by atoms with E-state index >= 15 is 0 Å². The van der Waals surface area contributed by atoms with Gasteiger partial charge >= 0.3 is 0 Å². The highest BCUT2D eigenvalue weighted by Gasteiger charge is 2.45. The fourth-order valence-electron chi connectivity index (χ4n) is 2.22. The molecule has 1 amide bonds. The van der Waals surface area contributed by atoms with E-state index < -0.39 is 5.41 Å². The van der Waals surface area contributed by atoms with Crippen LogP contribution in [-0.2, 0) is 10.2 Å². The van der Waals surface area contributed by atoms with E-state index in [2.05, 4.69) is 15.3 Å². The Morgan fingerprint density at radius 1 is 1.28 bits per heavy atom. The van der Waals surface area contributed by atoms with Gasteiger partial charge in [-0.3, -0.25) is 4.79 Å². The average molecular weight is 260 g/mol. The van der Waals surface area contributed by atoms with Gasteiger partial charge in [0.25, 0.3) is 0 Å². The molecule has 18 heavy (non-hydrogen) atoms. The quantitative estimate of drug-likeness (QED) is 0.856. The third-order valence-corrected chi connectivity index (χ3v) is 3.61. The van der Waals surface area contributed by atoms with Gasteiger partial charge in [0.2, 0.25) is 5.91 Å². The molecule has 1 atom stereocenters. The molecule has 5 heteroatoms. The summed E-state index contributed by atoms with van der Waals surface area (Å²) in [5.41, 5.74) is 0.900. The SMILES string of the molecule is CC1(c2ccc(Cl)cc2)C(=O)Nc2ncncc21. The summed E-state index contributed by atoms with van der Waals surface area (Å²) in [5.74, 6) is 0.479. The molecule has 4 nitrogen and oxygen atoms in total. The van der Waals surface area contributed by atoms with Crippen molar-refractivity contribution in [2.24, 2.45) is 0 Å². The van der Waals surface area contributed by atoms with Gasteiger partial charge in [0.1, 0.15) is 17.6 Å². The number of nitrogens with zero attached hydrogens (tertiary/aromatic N) is 2. The van der Waals surface area contributed by atoms with Crippen LogP contribution in [0.15, 0.2) is 36.8 Å². The summed E-state index contributed by atoms with van der Waals surface area (Å²) in [7, 11) is 0. The van der Waals surface area contributed by atoms with Crippen LogP contribution in [0.5, 0.6) is 0 Å². The number of hydrogen-bond donors (Lipinski definition) is 1. The molecule has 0 fully saturated rings. The third-order valence-electron chi connectivity index (χ3n) is 3.36. The first kappa shape index (κ1) is 11.2. The second-order valence-electron chi connectivity index (χ2n) is 4.37. The molecule has 1 aliphatic heterocycles. The van der Waals surface area contributed by atoms with Crippen LogP contribution in [0, 0.1) is 0 Å². The Bertz CT molecular complexity index is 626. The molecule has 0 radical (unpaired) electrons. The van der Waals surface area contributed by atoms with Crippen molar-refractivity contribution in [3.05, 3.63) is 52.9 Å². The maximum absolute atomic E-state index is 12.2. The molecule has 1 N–H and O–H groups in total. The number of amides is 1. The Hall–Kier alpha value is -1.94. The van der Waals surface area contributed by atoms with Gasteiger partial charge in [-0.1, -0.05) is 23.7 Å². The van der Waals surface area contributed by atoms with E-state index in [9.17, 15) is 4.79 Å². The van der Waals surface area contributed by atoms with Gasteiger partial charge in [0, 0.05) is 16.8 Å². The first-order valence-corrected chi connectivity index (χ1v) is 5.88. The number of rotatable bonds is 1. The zero-order valence-corrected chi connectivity index (χ0v) is 10.4. The van der Waals surface area contributed by atoms with Gasteiger partial charge in [-0.05, 0) is 24.6 Å². The predicted molar refractivity (Wildman–Crippen MR) is 68.6 cm³/mol. The van der Waals surface area contributed by atoms with Crippen molar-refractivity contribution in [2.75, 3.05) is 5.32 Å². The molecule has 0 saturated heterocycles. The third kappa shape index (κ3) is 1.42. The zero-order valence-electron chi connectivity index (χ0n) is 9.64. The van der Waals surface area contributed by atoms with Gasteiger partial charge in [0.05, 0.1) is 0 Å². The molecule has 1 aliphatic rings. The van der Waals surface area contributed by atoms with Gasteiger partial charge < -0.3 is 5.32 Å². The molecular weight excluding hydrogens is 250 g/mol. The molecule has 2 aromatic rings. The number of carbonyl (C=O) groups excluding carboxylic acids is 1. The standard InChI is InChI=1S/C13H10ClN3O/c1-13(8-2-4-9(14)5-3-8)10-6-15-7-16-11(10)17-12(13)18/h2-7H,1H3,(H,15,16,17,18). The Balaban J connectivity index is 2.20. The number of anilines is 1. The number of fused-ring (bicyclic) bond motifs is 1. The Labute approximate surface area is 109 Å². The molecule has 0 spiro atoms. The lowest BCUT2D eigenvalue weighted by Gasteiger charge is -2.22. The molecule has 3 rings (SSSR count). The largest absolute Gasteiger partial charge is 0.309 e. The first-order valence-electron chi connectivity index (χ1n) is 5.50. The van der Waals surface area contributed by atoms with Gasteiger partial charge in [-0.15, -0.1) is 0 Å². The van der Waals surface area contributed by atoms with E-state index in [4.69, 9.17) is 11.6 Å². The molecular formula is C13H10ClN3O. The molecule has 90 valence electrons. The van der Waals surface area contributed by atoms with Crippen molar-refractivity contribution in [2.45, 2.75) is 12.3 Å². The predicted octanol–water partition coefficient (Wildman–Crippen LogP) is 2.39. The van der Waals surface area contributed by atoms with Crippen LogP contribution < -0.4 is 5.32 Å². The fraction of sp³-hybridized carbons (Fsp3) is 0.154. The van der Waals surface area contributed by atoms with Crippen molar-refractivity contribution in [1.82, 2.24) is 9.97 Å². The first-order chi connectivity index (χ1) is 8.62. The van der Waals surface area contributed by atoms with E-state index in [0.717, 1.165) is 11.1 Å². The molecule has 0 aliphatic carbocycles. The van der Waals surface area contributed by atoms with Crippen LogP contribution in [0.4, 0.5) is 5.82 Å². The Morgan fingerprint density at radius 2 is 2.00 bits per heavy atom. The monoisotopic (exact) mass is 259 g/mol. The summed E-state index contributed by atoms with van der Waals surface area (Å²) in [5, 5.41) is 3.42. The number of halogens is 1. The summed E-state index contributed by atoms with van der Waals surface area (Å²) < 4.78 is 0. The summed E-state index contributed by atoms with van der Waals surface area (Å²) in [4.78, 5) is 20.3. The van der Waals surface area contributed by atoms with Crippen molar-refractivity contribution in [3.8, 4) is 0 Å². The van der Waals surface area contributed by atoms with Crippen molar-refractivity contribution in [3.63, 3.8) is 0 Å². The van der Waals surface area contributed by atoms with Gasteiger partial charge in [-0.25, -0.2) is 9.97 Å². The molecule has 1 aromatic carbocycles. The normalized spacial score (nSPS) is 21.6. The number of benzene rings is 1. The second kappa shape index (κ2) is 3.78. The number of aromatic nitrogens is 2. The highest BCUT2D eigenvalue weighted by Crippen LogP contribution is 2.41. The smallest absolute Gasteiger partial charge is 0.240 e. The van der Waals surface area contributed by atoms with Crippen LogP contribution in [-0.4, -0.2) is 15.9 Å². The van der Waals surface area contributed by atoms with E-state index in [1.165, 1.54) is 6.33 Å². The summed E-state index contributed by atoms with van der Waals surface area (Å²) in [6, 6.07) is 7.25. The summed E-state index contributed by atoms with van der Waals surface area (Å²) in [6.07, 6.45) is 3.10. The minimum atomic E-state index is -0.763. The zero-order chi connectivity index (χ0) is 12.8. The van der Waals surface area contributed by atoms with Crippen LogP contribution in [0.1, 0.15) is 18.1 Å². The molecule has 2 heterocycles. The van der Waals surface area contributed by atoms with Crippen LogP contribution in [0.25, 0.3) is 0 Å². The molecule has 1 unspecified atom stereocenters. The lowest BCUT2D eigenvalue weighted by molar-refractivity contribution is -0.119. The average Bonchev–Trinajstić information content (AvgIpc) is 2.64. The lowest BCUT2D eigenvalue weighted by atomic mass is 9.78. The maximum atomic E-state index is 12.2. The highest BCUT2D eigenvalue weighted by molar-refractivity contribution is 6.30.